The number of hydrogen-bond acceptors (Lipinski definition) is 5. The third-order valence-electron chi connectivity index (χ3n) is 3.91. The van der Waals surface area contributed by atoms with Gasteiger partial charge in [0, 0.05) is 12.1 Å². The van der Waals surface area contributed by atoms with Crippen LogP contribution in [0.15, 0.2) is 51.6 Å². The lowest BCUT2D eigenvalue weighted by molar-refractivity contribution is 0.0942. The molecule has 1 aromatic carbocycles. The van der Waals surface area contributed by atoms with Crippen molar-refractivity contribution in [1.82, 2.24) is 15.8 Å². The van der Waals surface area contributed by atoms with Gasteiger partial charge >= 0.3 is 0 Å². The Kier molecular flexibility index (Phi) is 5.17. The minimum Gasteiger partial charge on any atom is -0.467 e. The van der Waals surface area contributed by atoms with E-state index in [1.165, 1.54) is 0 Å². The normalized spacial score (nSPS) is 10.5. The lowest BCUT2D eigenvalue weighted by Gasteiger charge is -2.08. The van der Waals surface area contributed by atoms with Gasteiger partial charge in [0.2, 0.25) is 0 Å². The number of nitrogens with one attached hydrogen (secondary N) is 2. The van der Waals surface area contributed by atoms with Gasteiger partial charge in [-0.15, -0.1) is 0 Å². The fraction of sp³-hybridized carbons (Fsp3) is 0.211. The SMILES string of the molecule is Cc1noc(C)c1C(=O)NCc1cccc(C(=O)NCc2ccco2)c1. The molecular formula is C19H19N3O4. The number of carbonyl (C=O) groups excluding carboxylic acids is 2. The van der Waals surface area contributed by atoms with E-state index in [9.17, 15) is 9.59 Å². The summed E-state index contributed by atoms with van der Waals surface area (Å²) in [5.74, 6) is 0.696. The van der Waals surface area contributed by atoms with Crippen molar-refractivity contribution in [2.45, 2.75) is 26.9 Å². The van der Waals surface area contributed by atoms with Crippen LogP contribution in [0, 0.1) is 13.8 Å². The summed E-state index contributed by atoms with van der Waals surface area (Å²) in [5, 5.41) is 9.38. The molecular weight excluding hydrogens is 334 g/mol. The van der Waals surface area contributed by atoms with Crippen LogP contribution in [0.2, 0.25) is 0 Å². The summed E-state index contributed by atoms with van der Waals surface area (Å²) >= 11 is 0. The Hall–Kier alpha value is -3.35. The molecule has 26 heavy (non-hydrogen) atoms. The van der Waals surface area contributed by atoms with E-state index in [0.29, 0.717) is 41.4 Å². The monoisotopic (exact) mass is 353 g/mol. The number of hydrogen-bond donors (Lipinski definition) is 2. The van der Waals surface area contributed by atoms with Gasteiger partial charge in [0.05, 0.1) is 18.5 Å². The van der Waals surface area contributed by atoms with Crippen LogP contribution in [-0.4, -0.2) is 17.0 Å². The summed E-state index contributed by atoms with van der Waals surface area (Å²) in [4.78, 5) is 24.5. The molecule has 2 amide bonds. The number of nitrogens with zero attached hydrogens (tertiary/aromatic N) is 1. The zero-order valence-electron chi connectivity index (χ0n) is 14.5. The van der Waals surface area contributed by atoms with Crippen LogP contribution >= 0.6 is 0 Å². The highest BCUT2D eigenvalue weighted by Crippen LogP contribution is 2.12. The van der Waals surface area contributed by atoms with Gasteiger partial charge in [-0.3, -0.25) is 9.59 Å². The third-order valence-corrected chi connectivity index (χ3v) is 3.91. The van der Waals surface area contributed by atoms with Gasteiger partial charge in [-0.25, -0.2) is 0 Å². The summed E-state index contributed by atoms with van der Waals surface area (Å²) in [6.07, 6.45) is 1.56. The molecule has 3 rings (SSSR count). The van der Waals surface area contributed by atoms with Crippen LogP contribution in [-0.2, 0) is 13.1 Å². The van der Waals surface area contributed by atoms with E-state index in [2.05, 4.69) is 15.8 Å². The molecule has 0 radical (unpaired) electrons. The maximum atomic E-state index is 12.3. The quantitative estimate of drug-likeness (QED) is 0.710. The van der Waals surface area contributed by atoms with Crippen molar-refractivity contribution >= 4 is 11.8 Å². The number of benzene rings is 1. The molecule has 0 saturated heterocycles. The van der Waals surface area contributed by atoms with E-state index in [4.69, 9.17) is 8.94 Å². The molecule has 0 spiro atoms. The molecule has 2 heterocycles. The van der Waals surface area contributed by atoms with Crippen molar-refractivity contribution in [3.05, 3.63) is 76.6 Å². The molecule has 0 unspecified atom stereocenters. The molecule has 0 bridgehead atoms. The molecule has 7 heteroatoms. The van der Waals surface area contributed by atoms with Crippen molar-refractivity contribution in [2.24, 2.45) is 0 Å². The van der Waals surface area contributed by atoms with Crippen LogP contribution in [0.3, 0.4) is 0 Å². The van der Waals surface area contributed by atoms with Gasteiger partial charge in [-0.05, 0) is 43.7 Å². The number of rotatable bonds is 6. The summed E-state index contributed by atoms with van der Waals surface area (Å²) in [6.45, 7) is 4.02. The molecule has 2 aromatic heterocycles. The van der Waals surface area contributed by atoms with Crippen molar-refractivity contribution in [2.75, 3.05) is 0 Å². The van der Waals surface area contributed by atoms with Gasteiger partial charge in [-0.2, -0.15) is 0 Å². The van der Waals surface area contributed by atoms with Crippen molar-refractivity contribution < 1.29 is 18.5 Å². The van der Waals surface area contributed by atoms with Crippen LogP contribution in [0.1, 0.15) is 43.5 Å². The highest BCUT2D eigenvalue weighted by molar-refractivity contribution is 5.96. The predicted molar refractivity (Wildman–Crippen MR) is 93.5 cm³/mol. The first-order valence-corrected chi connectivity index (χ1v) is 8.15. The van der Waals surface area contributed by atoms with E-state index in [1.807, 2.05) is 6.07 Å². The van der Waals surface area contributed by atoms with Crippen LogP contribution in [0.4, 0.5) is 0 Å². The Labute approximate surface area is 150 Å². The van der Waals surface area contributed by atoms with E-state index >= 15 is 0 Å². The average molecular weight is 353 g/mol. The van der Waals surface area contributed by atoms with Gasteiger partial charge in [-0.1, -0.05) is 17.3 Å². The Morgan fingerprint density at radius 3 is 2.54 bits per heavy atom. The Morgan fingerprint density at radius 2 is 1.85 bits per heavy atom. The van der Waals surface area contributed by atoms with Crippen LogP contribution in [0.5, 0.6) is 0 Å². The number of aromatic nitrogens is 1. The second kappa shape index (κ2) is 7.69. The highest BCUT2D eigenvalue weighted by atomic mass is 16.5. The van der Waals surface area contributed by atoms with Crippen molar-refractivity contribution in [3.63, 3.8) is 0 Å². The largest absolute Gasteiger partial charge is 0.467 e. The lowest BCUT2D eigenvalue weighted by atomic mass is 10.1. The zero-order chi connectivity index (χ0) is 18.5. The first-order valence-electron chi connectivity index (χ1n) is 8.15. The second-order valence-electron chi connectivity index (χ2n) is 5.84. The first kappa shape index (κ1) is 17.5. The molecule has 0 aliphatic carbocycles. The Bertz CT molecular complexity index is 893. The first-order chi connectivity index (χ1) is 12.5. The van der Waals surface area contributed by atoms with Crippen molar-refractivity contribution in [3.8, 4) is 0 Å². The Morgan fingerprint density at radius 1 is 1.04 bits per heavy atom. The number of amides is 2. The third kappa shape index (κ3) is 4.00. The summed E-state index contributed by atoms with van der Waals surface area (Å²) in [5.41, 5.74) is 2.32. The molecule has 134 valence electrons. The molecule has 0 atom stereocenters. The standard InChI is InChI=1S/C19H19N3O4/c1-12-17(13(2)26-22-12)19(24)20-10-14-5-3-6-15(9-14)18(23)21-11-16-7-4-8-25-16/h3-9H,10-11H2,1-2H3,(H,20,24)(H,21,23). The maximum absolute atomic E-state index is 12.3. The van der Waals surface area contributed by atoms with Gasteiger partial charge in [0.25, 0.3) is 11.8 Å². The minimum absolute atomic E-state index is 0.208. The van der Waals surface area contributed by atoms with Crippen LogP contribution < -0.4 is 10.6 Å². The van der Waals surface area contributed by atoms with Crippen molar-refractivity contribution in [1.29, 1.82) is 0 Å². The highest BCUT2D eigenvalue weighted by Gasteiger charge is 2.17. The molecule has 0 fully saturated rings. The summed E-state index contributed by atoms with van der Waals surface area (Å²) in [6, 6.07) is 10.6. The zero-order valence-corrected chi connectivity index (χ0v) is 14.5. The molecule has 0 aliphatic heterocycles. The molecule has 2 N–H and O–H groups in total. The lowest BCUT2D eigenvalue weighted by Crippen LogP contribution is -2.25. The van der Waals surface area contributed by atoms with E-state index < -0.39 is 0 Å². The molecule has 0 aliphatic rings. The van der Waals surface area contributed by atoms with Gasteiger partial charge < -0.3 is 19.6 Å². The predicted octanol–water partition coefficient (Wildman–Crippen LogP) is 2.74. The average Bonchev–Trinajstić information content (AvgIpc) is 3.27. The topological polar surface area (TPSA) is 97.4 Å². The fourth-order valence-corrected chi connectivity index (χ4v) is 2.58. The fourth-order valence-electron chi connectivity index (χ4n) is 2.58. The molecule has 0 saturated carbocycles. The molecule has 7 nitrogen and oxygen atoms in total. The van der Waals surface area contributed by atoms with Gasteiger partial charge in [0.1, 0.15) is 17.1 Å². The Balaban J connectivity index is 1.60. The van der Waals surface area contributed by atoms with Gasteiger partial charge in [0.15, 0.2) is 0 Å². The molecule has 3 aromatic rings. The second-order valence-corrected chi connectivity index (χ2v) is 5.84. The van der Waals surface area contributed by atoms with E-state index in [0.717, 1.165) is 5.56 Å². The van der Waals surface area contributed by atoms with Crippen LogP contribution in [0.25, 0.3) is 0 Å². The minimum atomic E-state index is -0.256. The summed E-state index contributed by atoms with van der Waals surface area (Å²) in [7, 11) is 0. The number of furan rings is 1. The van der Waals surface area contributed by atoms with E-state index in [-0.39, 0.29) is 11.8 Å². The smallest absolute Gasteiger partial charge is 0.257 e. The van der Waals surface area contributed by atoms with E-state index in [1.54, 1.807) is 50.4 Å². The summed E-state index contributed by atoms with van der Waals surface area (Å²) < 4.78 is 10.2. The number of carbonyl (C=O) groups is 2. The maximum Gasteiger partial charge on any atom is 0.257 e. The number of aryl methyl sites for hydroxylation is 2.